The van der Waals surface area contributed by atoms with Crippen molar-refractivity contribution in [2.45, 2.75) is 13.5 Å². The first kappa shape index (κ1) is 16.9. The maximum Gasteiger partial charge on any atom is 0.224 e. The van der Waals surface area contributed by atoms with Crippen molar-refractivity contribution in [1.82, 2.24) is 15.6 Å². The van der Waals surface area contributed by atoms with E-state index in [2.05, 4.69) is 15.6 Å². The molecule has 1 heterocycles. The van der Waals surface area contributed by atoms with Crippen LogP contribution in [-0.4, -0.2) is 24.5 Å². The first-order chi connectivity index (χ1) is 11.1. The Morgan fingerprint density at radius 2 is 2.17 bits per heavy atom. The Hall–Kier alpha value is -2.47. The van der Waals surface area contributed by atoms with Crippen LogP contribution in [0.2, 0.25) is 0 Å². The number of aromatic nitrogens is 1. The number of pyridine rings is 1. The molecule has 0 radical (unpaired) electrons. The van der Waals surface area contributed by atoms with E-state index in [4.69, 9.17) is 4.74 Å². The summed E-state index contributed by atoms with van der Waals surface area (Å²) in [5.41, 5.74) is 0.863. The Morgan fingerprint density at radius 3 is 2.83 bits per heavy atom. The largest absolute Gasteiger partial charge is 0.439 e. The van der Waals surface area contributed by atoms with Crippen molar-refractivity contribution in [1.29, 1.82) is 0 Å². The molecule has 0 aliphatic heterocycles. The van der Waals surface area contributed by atoms with Gasteiger partial charge in [0.25, 0.3) is 0 Å². The van der Waals surface area contributed by atoms with Gasteiger partial charge in [-0.1, -0.05) is 19.1 Å². The molecular weight excluding hydrogens is 297 g/mol. The Labute approximate surface area is 134 Å². The van der Waals surface area contributed by atoms with E-state index < -0.39 is 0 Å². The highest BCUT2D eigenvalue weighted by Crippen LogP contribution is 2.19. The SMILES string of the molecule is CNCC(C)C(=O)NCc1ccc(Oc2cccc(F)c2)nc1. The van der Waals surface area contributed by atoms with E-state index in [-0.39, 0.29) is 17.6 Å². The van der Waals surface area contributed by atoms with Crippen LogP contribution >= 0.6 is 0 Å². The summed E-state index contributed by atoms with van der Waals surface area (Å²) in [6.07, 6.45) is 1.62. The Balaban J connectivity index is 1.88. The average molecular weight is 317 g/mol. The summed E-state index contributed by atoms with van der Waals surface area (Å²) in [5.74, 6) is 0.286. The molecule has 122 valence electrons. The first-order valence-corrected chi connectivity index (χ1v) is 7.39. The summed E-state index contributed by atoms with van der Waals surface area (Å²) in [6.45, 7) is 2.89. The number of carbonyl (C=O) groups excluding carboxylic acids is 1. The van der Waals surface area contributed by atoms with Gasteiger partial charge in [-0.15, -0.1) is 0 Å². The van der Waals surface area contributed by atoms with Crippen LogP contribution in [0.1, 0.15) is 12.5 Å². The predicted octanol–water partition coefficient (Wildman–Crippen LogP) is 2.48. The molecule has 1 amide bonds. The Morgan fingerprint density at radius 1 is 1.35 bits per heavy atom. The Bertz CT molecular complexity index is 647. The van der Waals surface area contributed by atoms with Gasteiger partial charge in [0.1, 0.15) is 11.6 Å². The fraction of sp³-hybridized carbons (Fsp3) is 0.294. The highest BCUT2D eigenvalue weighted by molar-refractivity contribution is 5.78. The van der Waals surface area contributed by atoms with Gasteiger partial charge < -0.3 is 15.4 Å². The van der Waals surface area contributed by atoms with Crippen LogP contribution in [0.3, 0.4) is 0 Å². The van der Waals surface area contributed by atoms with E-state index in [1.807, 2.05) is 20.0 Å². The lowest BCUT2D eigenvalue weighted by molar-refractivity contribution is -0.124. The van der Waals surface area contributed by atoms with Gasteiger partial charge in [-0.05, 0) is 24.7 Å². The minimum absolute atomic E-state index is 0.0144. The lowest BCUT2D eigenvalue weighted by atomic mass is 10.1. The lowest BCUT2D eigenvalue weighted by Gasteiger charge is -2.11. The van der Waals surface area contributed by atoms with E-state index in [0.29, 0.717) is 24.7 Å². The molecule has 0 aliphatic carbocycles. The van der Waals surface area contributed by atoms with Crippen LogP contribution in [-0.2, 0) is 11.3 Å². The molecule has 1 aromatic heterocycles. The molecule has 1 atom stereocenters. The normalized spacial score (nSPS) is 11.8. The quantitative estimate of drug-likeness (QED) is 0.823. The zero-order valence-electron chi connectivity index (χ0n) is 13.2. The highest BCUT2D eigenvalue weighted by atomic mass is 19.1. The van der Waals surface area contributed by atoms with Crippen molar-refractivity contribution in [2.24, 2.45) is 5.92 Å². The summed E-state index contributed by atoms with van der Waals surface area (Å²) in [5, 5.41) is 5.82. The predicted molar refractivity (Wildman–Crippen MR) is 85.6 cm³/mol. The monoisotopic (exact) mass is 317 g/mol. The molecule has 0 saturated carbocycles. The molecule has 2 rings (SSSR count). The molecule has 6 heteroatoms. The molecular formula is C17H20FN3O2. The second-order valence-corrected chi connectivity index (χ2v) is 5.24. The Kier molecular flexibility index (Phi) is 6.05. The summed E-state index contributed by atoms with van der Waals surface area (Å²) in [4.78, 5) is 16.0. The third-order valence-electron chi connectivity index (χ3n) is 3.24. The molecule has 0 fully saturated rings. The molecule has 0 spiro atoms. The van der Waals surface area contributed by atoms with Crippen LogP contribution in [0.4, 0.5) is 4.39 Å². The number of rotatable bonds is 7. The fourth-order valence-corrected chi connectivity index (χ4v) is 1.99. The van der Waals surface area contributed by atoms with Gasteiger partial charge in [-0.3, -0.25) is 4.79 Å². The van der Waals surface area contributed by atoms with Crippen molar-refractivity contribution in [2.75, 3.05) is 13.6 Å². The zero-order valence-corrected chi connectivity index (χ0v) is 13.2. The van der Waals surface area contributed by atoms with Gasteiger partial charge in [0.15, 0.2) is 0 Å². The van der Waals surface area contributed by atoms with Crippen LogP contribution in [0.15, 0.2) is 42.6 Å². The van der Waals surface area contributed by atoms with Crippen LogP contribution in [0.25, 0.3) is 0 Å². The summed E-state index contributed by atoms with van der Waals surface area (Å²) in [7, 11) is 1.81. The average Bonchev–Trinajstić information content (AvgIpc) is 2.54. The van der Waals surface area contributed by atoms with Crippen molar-refractivity contribution in [3.8, 4) is 11.6 Å². The van der Waals surface area contributed by atoms with Crippen molar-refractivity contribution < 1.29 is 13.9 Å². The van der Waals surface area contributed by atoms with Crippen LogP contribution in [0.5, 0.6) is 11.6 Å². The number of nitrogens with zero attached hydrogens (tertiary/aromatic N) is 1. The maximum atomic E-state index is 13.1. The number of ether oxygens (including phenoxy) is 1. The summed E-state index contributed by atoms with van der Waals surface area (Å²) >= 11 is 0. The number of carbonyl (C=O) groups is 1. The molecule has 1 unspecified atom stereocenters. The van der Waals surface area contributed by atoms with E-state index in [0.717, 1.165) is 5.56 Å². The molecule has 1 aromatic carbocycles. The first-order valence-electron chi connectivity index (χ1n) is 7.39. The van der Waals surface area contributed by atoms with Gasteiger partial charge >= 0.3 is 0 Å². The molecule has 0 saturated heterocycles. The smallest absolute Gasteiger partial charge is 0.224 e. The molecule has 5 nitrogen and oxygen atoms in total. The lowest BCUT2D eigenvalue weighted by Crippen LogP contribution is -2.33. The number of hydrogen-bond acceptors (Lipinski definition) is 4. The van der Waals surface area contributed by atoms with Crippen LogP contribution in [0, 0.1) is 11.7 Å². The van der Waals surface area contributed by atoms with Gasteiger partial charge in [-0.2, -0.15) is 0 Å². The van der Waals surface area contributed by atoms with Crippen molar-refractivity contribution >= 4 is 5.91 Å². The second-order valence-electron chi connectivity index (χ2n) is 5.24. The zero-order chi connectivity index (χ0) is 16.7. The number of nitrogens with one attached hydrogen (secondary N) is 2. The fourth-order valence-electron chi connectivity index (χ4n) is 1.99. The molecule has 2 N–H and O–H groups in total. The van der Waals surface area contributed by atoms with Gasteiger partial charge in [0.05, 0.1) is 0 Å². The van der Waals surface area contributed by atoms with E-state index in [9.17, 15) is 9.18 Å². The minimum atomic E-state index is -0.363. The van der Waals surface area contributed by atoms with Gasteiger partial charge in [0, 0.05) is 37.3 Å². The van der Waals surface area contributed by atoms with E-state index in [1.54, 1.807) is 24.4 Å². The molecule has 0 bridgehead atoms. The van der Waals surface area contributed by atoms with Crippen molar-refractivity contribution in [3.63, 3.8) is 0 Å². The third kappa shape index (κ3) is 5.34. The maximum absolute atomic E-state index is 13.1. The van der Waals surface area contributed by atoms with Crippen LogP contribution < -0.4 is 15.4 Å². The third-order valence-corrected chi connectivity index (χ3v) is 3.24. The second kappa shape index (κ2) is 8.24. The molecule has 23 heavy (non-hydrogen) atoms. The number of halogens is 1. The van der Waals surface area contributed by atoms with E-state index >= 15 is 0 Å². The molecule has 0 aliphatic rings. The number of hydrogen-bond donors (Lipinski definition) is 2. The van der Waals surface area contributed by atoms with Gasteiger partial charge in [0.2, 0.25) is 11.8 Å². The topological polar surface area (TPSA) is 63.2 Å². The number of amides is 1. The highest BCUT2D eigenvalue weighted by Gasteiger charge is 2.11. The van der Waals surface area contributed by atoms with Crippen molar-refractivity contribution in [3.05, 3.63) is 54.0 Å². The number of benzene rings is 1. The minimum Gasteiger partial charge on any atom is -0.439 e. The molecule has 2 aromatic rings. The summed E-state index contributed by atoms with van der Waals surface area (Å²) < 4.78 is 18.5. The van der Waals surface area contributed by atoms with Gasteiger partial charge in [-0.25, -0.2) is 9.37 Å². The summed E-state index contributed by atoms with van der Waals surface area (Å²) in [6, 6.07) is 9.36. The van der Waals surface area contributed by atoms with E-state index in [1.165, 1.54) is 12.1 Å². The standard InChI is InChI=1S/C17H20FN3O2/c1-12(9-19-2)17(22)21-11-13-6-7-16(20-10-13)23-15-5-3-4-14(18)8-15/h3-8,10,12,19H,9,11H2,1-2H3,(H,21,22).